The van der Waals surface area contributed by atoms with Crippen molar-refractivity contribution in [3.05, 3.63) is 27.8 Å². The first-order valence-corrected chi connectivity index (χ1v) is 6.22. The van der Waals surface area contributed by atoms with Gasteiger partial charge in [0.2, 0.25) is 5.95 Å². The van der Waals surface area contributed by atoms with Crippen LogP contribution in [0.2, 0.25) is 0 Å². The summed E-state index contributed by atoms with van der Waals surface area (Å²) in [7, 11) is 0. The van der Waals surface area contributed by atoms with Gasteiger partial charge in [0.15, 0.2) is 0 Å². The number of hydrogen-bond donors (Lipinski definition) is 2. The first kappa shape index (κ1) is 11.8. The van der Waals surface area contributed by atoms with Crippen molar-refractivity contribution in [2.75, 3.05) is 11.1 Å². The minimum absolute atomic E-state index is 0.113. The van der Waals surface area contributed by atoms with Gasteiger partial charge in [0, 0.05) is 22.8 Å². The molecule has 0 saturated carbocycles. The van der Waals surface area contributed by atoms with Crippen LogP contribution in [0.1, 0.15) is 29.2 Å². The predicted molar refractivity (Wildman–Crippen MR) is 70.1 cm³/mol. The number of anilines is 2. The minimum Gasteiger partial charge on any atom is -0.368 e. The summed E-state index contributed by atoms with van der Waals surface area (Å²) in [6.45, 7) is 5.98. The van der Waals surface area contributed by atoms with E-state index >= 15 is 0 Å². The van der Waals surface area contributed by atoms with Crippen molar-refractivity contribution in [2.24, 2.45) is 0 Å². The number of rotatable bonds is 3. The Bertz CT molecular complexity index is 522. The number of aromatic nitrogens is 3. The van der Waals surface area contributed by atoms with Crippen LogP contribution in [-0.4, -0.2) is 15.0 Å². The largest absolute Gasteiger partial charge is 0.368 e. The number of nitrogens with zero attached hydrogens (tertiary/aromatic N) is 3. The summed E-state index contributed by atoms with van der Waals surface area (Å²) in [4.78, 5) is 12.6. The van der Waals surface area contributed by atoms with Crippen molar-refractivity contribution < 1.29 is 0 Å². The number of aryl methyl sites for hydroxylation is 2. The van der Waals surface area contributed by atoms with Crippen LogP contribution in [0.4, 0.5) is 11.8 Å². The van der Waals surface area contributed by atoms with Gasteiger partial charge in [-0.2, -0.15) is 4.98 Å². The molecule has 0 aliphatic carbocycles. The smallest absolute Gasteiger partial charge is 0.221 e. The summed E-state index contributed by atoms with van der Waals surface area (Å²) in [5.41, 5.74) is 7.58. The molecule has 2 aromatic rings. The van der Waals surface area contributed by atoms with E-state index in [1.807, 2.05) is 19.2 Å². The molecule has 6 heteroatoms. The summed E-state index contributed by atoms with van der Waals surface area (Å²) in [5, 5.41) is 6.37. The van der Waals surface area contributed by atoms with Crippen LogP contribution in [0.15, 0.2) is 11.6 Å². The van der Waals surface area contributed by atoms with Crippen LogP contribution in [0, 0.1) is 13.8 Å². The van der Waals surface area contributed by atoms with Crippen molar-refractivity contribution in [3.8, 4) is 0 Å². The maximum atomic E-state index is 5.57. The van der Waals surface area contributed by atoms with Gasteiger partial charge in [-0.3, -0.25) is 0 Å². The summed E-state index contributed by atoms with van der Waals surface area (Å²) < 4.78 is 0. The molecule has 2 heterocycles. The maximum Gasteiger partial charge on any atom is 0.221 e. The molecule has 3 N–H and O–H groups in total. The molecule has 0 bridgehead atoms. The number of nitrogen functional groups attached to an aromatic ring is 1. The van der Waals surface area contributed by atoms with E-state index in [0.717, 1.165) is 22.1 Å². The number of thiazole rings is 1. The fourth-order valence-electron chi connectivity index (χ4n) is 1.44. The van der Waals surface area contributed by atoms with Crippen molar-refractivity contribution in [2.45, 2.75) is 26.8 Å². The molecule has 0 amide bonds. The van der Waals surface area contributed by atoms with E-state index in [1.165, 1.54) is 0 Å². The summed E-state index contributed by atoms with van der Waals surface area (Å²) in [6.07, 6.45) is 1.71. The lowest BCUT2D eigenvalue weighted by Crippen LogP contribution is -2.10. The molecule has 0 aliphatic rings. The minimum atomic E-state index is 0.113. The molecule has 0 aromatic carbocycles. The second-order valence-corrected chi connectivity index (χ2v) is 4.84. The molecule has 0 saturated heterocycles. The van der Waals surface area contributed by atoms with E-state index in [9.17, 15) is 0 Å². The Hall–Kier alpha value is -1.69. The monoisotopic (exact) mass is 249 g/mol. The molecule has 0 radical (unpaired) electrons. The van der Waals surface area contributed by atoms with Gasteiger partial charge in [-0.15, -0.1) is 11.3 Å². The Balaban J connectivity index is 2.18. The first-order valence-electron chi connectivity index (χ1n) is 5.34. The van der Waals surface area contributed by atoms with Crippen molar-refractivity contribution >= 4 is 23.1 Å². The molecule has 5 nitrogen and oxygen atoms in total. The molecular formula is C11H15N5S. The van der Waals surface area contributed by atoms with E-state index in [2.05, 4.69) is 27.2 Å². The molecule has 2 aromatic heterocycles. The van der Waals surface area contributed by atoms with E-state index in [4.69, 9.17) is 5.73 Å². The third-order valence-corrected chi connectivity index (χ3v) is 3.50. The molecule has 0 spiro atoms. The van der Waals surface area contributed by atoms with E-state index in [0.29, 0.717) is 0 Å². The normalized spacial score (nSPS) is 12.4. The Morgan fingerprint density at radius 2 is 2.12 bits per heavy atom. The average molecular weight is 249 g/mol. The van der Waals surface area contributed by atoms with Crippen molar-refractivity contribution in [1.29, 1.82) is 0 Å². The Morgan fingerprint density at radius 1 is 1.35 bits per heavy atom. The third kappa shape index (κ3) is 2.71. The zero-order valence-electron chi connectivity index (χ0n) is 10.1. The third-order valence-electron chi connectivity index (χ3n) is 2.35. The molecular weight excluding hydrogens is 234 g/mol. The maximum absolute atomic E-state index is 5.57. The Kier molecular flexibility index (Phi) is 3.23. The van der Waals surface area contributed by atoms with Crippen LogP contribution in [0.25, 0.3) is 0 Å². The van der Waals surface area contributed by atoms with Gasteiger partial charge in [0.25, 0.3) is 0 Å². The van der Waals surface area contributed by atoms with Crippen LogP contribution in [0.3, 0.4) is 0 Å². The summed E-state index contributed by atoms with van der Waals surface area (Å²) in [5.74, 6) is 1.04. The van der Waals surface area contributed by atoms with Gasteiger partial charge in [-0.1, -0.05) is 0 Å². The average Bonchev–Trinajstić information content (AvgIpc) is 2.70. The lowest BCUT2D eigenvalue weighted by Gasteiger charge is -2.13. The van der Waals surface area contributed by atoms with E-state index < -0.39 is 0 Å². The zero-order valence-corrected chi connectivity index (χ0v) is 10.9. The van der Waals surface area contributed by atoms with Gasteiger partial charge < -0.3 is 11.1 Å². The summed E-state index contributed by atoms with van der Waals surface area (Å²) >= 11 is 1.64. The van der Waals surface area contributed by atoms with Crippen LogP contribution in [-0.2, 0) is 0 Å². The Labute approximate surface area is 104 Å². The van der Waals surface area contributed by atoms with Gasteiger partial charge in [0.05, 0.1) is 6.04 Å². The van der Waals surface area contributed by atoms with Crippen LogP contribution in [0.5, 0.6) is 0 Å². The zero-order chi connectivity index (χ0) is 12.4. The number of hydrogen-bond acceptors (Lipinski definition) is 6. The van der Waals surface area contributed by atoms with Gasteiger partial charge >= 0.3 is 0 Å². The van der Waals surface area contributed by atoms with E-state index in [-0.39, 0.29) is 12.0 Å². The molecule has 2 rings (SSSR count). The van der Waals surface area contributed by atoms with Gasteiger partial charge in [-0.25, -0.2) is 9.97 Å². The van der Waals surface area contributed by atoms with E-state index in [1.54, 1.807) is 17.5 Å². The second-order valence-electron chi connectivity index (χ2n) is 3.95. The molecule has 0 aliphatic heterocycles. The fraction of sp³-hybridized carbons (Fsp3) is 0.364. The molecule has 1 unspecified atom stereocenters. The molecule has 1 atom stereocenters. The predicted octanol–water partition coefficient (Wildman–Crippen LogP) is 2.31. The second kappa shape index (κ2) is 4.67. The van der Waals surface area contributed by atoms with Crippen LogP contribution < -0.4 is 11.1 Å². The number of nitrogens with one attached hydrogen (secondary N) is 1. The SMILES string of the molecule is Cc1csc(C(C)Nc2nc(N)ncc2C)n1. The highest BCUT2D eigenvalue weighted by molar-refractivity contribution is 7.09. The highest BCUT2D eigenvalue weighted by atomic mass is 32.1. The lowest BCUT2D eigenvalue weighted by molar-refractivity contribution is 0.851. The van der Waals surface area contributed by atoms with Crippen molar-refractivity contribution in [3.63, 3.8) is 0 Å². The Morgan fingerprint density at radius 3 is 2.76 bits per heavy atom. The highest BCUT2D eigenvalue weighted by Crippen LogP contribution is 2.22. The van der Waals surface area contributed by atoms with Gasteiger partial charge in [-0.05, 0) is 20.8 Å². The molecule has 90 valence electrons. The number of nitrogens with two attached hydrogens (primary N) is 1. The highest BCUT2D eigenvalue weighted by Gasteiger charge is 2.11. The fourth-order valence-corrected chi connectivity index (χ4v) is 2.24. The first-order chi connectivity index (χ1) is 8.06. The molecule has 17 heavy (non-hydrogen) atoms. The standard InChI is InChI=1S/C11H15N5S/c1-6-4-13-11(12)16-9(6)15-8(3)10-14-7(2)5-17-10/h4-5,8H,1-3H3,(H3,12,13,15,16). The van der Waals surface area contributed by atoms with Crippen molar-refractivity contribution in [1.82, 2.24) is 15.0 Å². The lowest BCUT2D eigenvalue weighted by atomic mass is 10.3. The van der Waals surface area contributed by atoms with Crippen LogP contribution >= 0.6 is 11.3 Å². The quantitative estimate of drug-likeness (QED) is 0.872. The summed E-state index contributed by atoms with van der Waals surface area (Å²) in [6, 6.07) is 0.113. The topological polar surface area (TPSA) is 76.7 Å². The molecule has 0 fully saturated rings. The van der Waals surface area contributed by atoms with Gasteiger partial charge in [0.1, 0.15) is 10.8 Å².